The summed E-state index contributed by atoms with van der Waals surface area (Å²) in [4.78, 5) is 27.8. The largest absolute Gasteiger partial charge is 0.504 e. The van der Waals surface area contributed by atoms with Crippen LogP contribution in [0.3, 0.4) is 0 Å². The maximum atomic E-state index is 14.4. The van der Waals surface area contributed by atoms with E-state index in [1.807, 2.05) is 0 Å². The Morgan fingerprint density at radius 2 is 1.56 bits per heavy atom. The third-order valence-corrected chi connectivity index (χ3v) is 13.0. The van der Waals surface area contributed by atoms with Gasteiger partial charge in [-0.3, -0.25) is 9.59 Å². The quantitative estimate of drug-likeness (QED) is 0.408. The summed E-state index contributed by atoms with van der Waals surface area (Å²) < 4.78 is 5.39. The lowest BCUT2D eigenvalue weighted by Crippen LogP contribution is -2.68. The van der Waals surface area contributed by atoms with Gasteiger partial charge in [-0.1, -0.05) is 48.5 Å². The van der Waals surface area contributed by atoms with Crippen molar-refractivity contribution in [2.45, 2.75) is 112 Å². The van der Waals surface area contributed by atoms with E-state index in [4.69, 9.17) is 4.74 Å². The van der Waals surface area contributed by atoms with Gasteiger partial charge in [-0.05, 0) is 96.4 Å². The average molecular weight is 501 g/mol. The molecular formula is C31H48O5. The molecule has 202 valence electrons. The van der Waals surface area contributed by atoms with E-state index < -0.39 is 5.41 Å². The fraction of sp³-hybridized carbons (Fsp3) is 0.871. The van der Waals surface area contributed by atoms with Gasteiger partial charge in [-0.25, -0.2) is 0 Å². The number of ketones is 1. The van der Waals surface area contributed by atoms with Crippen molar-refractivity contribution in [3.8, 4) is 0 Å². The molecule has 2 N–H and O–H groups in total. The Hall–Kier alpha value is -1.36. The number of esters is 1. The predicted molar refractivity (Wildman–Crippen MR) is 139 cm³/mol. The van der Waals surface area contributed by atoms with Crippen LogP contribution in [0.2, 0.25) is 0 Å². The van der Waals surface area contributed by atoms with Gasteiger partial charge in [0.2, 0.25) is 5.78 Å². The summed E-state index contributed by atoms with van der Waals surface area (Å²) >= 11 is 0. The number of Topliss-reactive ketones (excluding diaryl/α,β-unsaturated/α-hetero) is 1. The van der Waals surface area contributed by atoms with Gasteiger partial charge in [0, 0.05) is 11.8 Å². The number of ether oxygens (including phenoxy) is 1. The molecule has 5 rings (SSSR count). The smallest absolute Gasteiger partial charge is 0.312 e. The summed E-state index contributed by atoms with van der Waals surface area (Å²) in [5, 5.41) is 22.8. The highest BCUT2D eigenvalue weighted by atomic mass is 16.5. The third-order valence-electron chi connectivity index (χ3n) is 13.0. The molecule has 0 unspecified atom stereocenters. The van der Waals surface area contributed by atoms with Crippen molar-refractivity contribution >= 4 is 11.8 Å². The van der Waals surface area contributed by atoms with Gasteiger partial charge in [-0.15, -0.1) is 0 Å². The molecule has 4 fully saturated rings. The topological polar surface area (TPSA) is 83.8 Å². The number of rotatable bonds is 1. The average Bonchev–Trinajstić information content (AvgIpc) is 2.79. The van der Waals surface area contributed by atoms with Gasteiger partial charge in [0.15, 0.2) is 5.76 Å². The number of carbonyl (C=O) groups is 2. The monoisotopic (exact) mass is 500 g/mol. The van der Waals surface area contributed by atoms with Crippen molar-refractivity contribution in [2.24, 2.45) is 50.2 Å². The van der Waals surface area contributed by atoms with E-state index in [-0.39, 0.29) is 68.4 Å². The first-order valence-corrected chi connectivity index (χ1v) is 14.3. The minimum atomic E-state index is -0.658. The molecule has 0 heterocycles. The van der Waals surface area contributed by atoms with Crippen LogP contribution in [-0.2, 0) is 14.3 Å². The van der Waals surface area contributed by atoms with E-state index in [2.05, 4.69) is 48.5 Å². The molecule has 36 heavy (non-hydrogen) atoms. The molecule has 0 radical (unpaired) electrons. The summed E-state index contributed by atoms with van der Waals surface area (Å²) in [5.74, 6) is -0.588. The van der Waals surface area contributed by atoms with Crippen LogP contribution in [0.4, 0.5) is 0 Å². The lowest BCUT2D eigenvalue weighted by Gasteiger charge is -2.70. The normalized spacial score (nSPS) is 49.3. The van der Waals surface area contributed by atoms with Crippen LogP contribution in [0.5, 0.6) is 0 Å². The van der Waals surface area contributed by atoms with Crippen molar-refractivity contribution < 1.29 is 24.5 Å². The number of aliphatic hydroxyl groups is 2. The van der Waals surface area contributed by atoms with Gasteiger partial charge in [0.05, 0.1) is 18.6 Å². The van der Waals surface area contributed by atoms with Crippen molar-refractivity contribution in [1.29, 1.82) is 0 Å². The van der Waals surface area contributed by atoms with Gasteiger partial charge in [0.1, 0.15) is 0 Å². The third kappa shape index (κ3) is 2.98. The first-order valence-electron chi connectivity index (χ1n) is 14.3. The molecule has 0 saturated heterocycles. The summed E-state index contributed by atoms with van der Waals surface area (Å²) in [7, 11) is 1.47. The number of fused-ring (bicyclic) bond motifs is 7. The van der Waals surface area contributed by atoms with Crippen molar-refractivity contribution in [3.63, 3.8) is 0 Å². The second kappa shape index (κ2) is 7.61. The summed E-state index contributed by atoms with van der Waals surface area (Å²) in [6.45, 7) is 15.7. The minimum absolute atomic E-state index is 0.0295. The summed E-state index contributed by atoms with van der Waals surface area (Å²) in [6, 6.07) is 0. The van der Waals surface area contributed by atoms with E-state index in [0.717, 1.165) is 56.9 Å². The summed E-state index contributed by atoms with van der Waals surface area (Å²) in [5.41, 5.74) is -0.991. The Kier molecular flexibility index (Phi) is 5.55. The van der Waals surface area contributed by atoms with Crippen LogP contribution < -0.4 is 0 Å². The lowest BCUT2D eigenvalue weighted by molar-refractivity contribution is -0.208. The Morgan fingerprint density at radius 3 is 2.19 bits per heavy atom. The number of methoxy groups -OCH3 is 1. The van der Waals surface area contributed by atoms with E-state index in [0.29, 0.717) is 6.42 Å². The molecule has 5 aliphatic carbocycles. The van der Waals surface area contributed by atoms with Crippen LogP contribution >= 0.6 is 0 Å². The second-order valence-corrected chi connectivity index (χ2v) is 15.4. The van der Waals surface area contributed by atoms with Crippen LogP contribution in [0.25, 0.3) is 0 Å². The fourth-order valence-electron chi connectivity index (χ4n) is 10.7. The first kappa shape index (κ1) is 26.3. The molecule has 0 amide bonds. The molecule has 5 aliphatic rings. The zero-order valence-corrected chi connectivity index (χ0v) is 23.8. The fourth-order valence-corrected chi connectivity index (χ4v) is 10.7. The first-order chi connectivity index (χ1) is 16.5. The maximum absolute atomic E-state index is 14.4. The molecule has 5 heteroatoms. The standard InChI is InChI=1S/C31H48O5/c1-26(2)13-15-31(25(35)36-8)16-14-29(6)21(18(31)17-26)22(33)23(34)24-28(5)11-10-20(32)27(3,4)19(28)9-12-30(24,29)7/h18-20,24,32-33H,9-17H2,1-8H3/t18-,19-,20-,24+,28-,29+,30+,31-/m0/s1. The molecule has 0 aliphatic heterocycles. The highest BCUT2D eigenvalue weighted by Gasteiger charge is 2.72. The van der Waals surface area contributed by atoms with Crippen molar-refractivity contribution in [2.75, 3.05) is 7.11 Å². The molecular weight excluding hydrogens is 452 g/mol. The minimum Gasteiger partial charge on any atom is -0.504 e. The van der Waals surface area contributed by atoms with E-state index in [1.54, 1.807) is 0 Å². The molecule has 0 aromatic heterocycles. The van der Waals surface area contributed by atoms with Gasteiger partial charge in [-0.2, -0.15) is 0 Å². The van der Waals surface area contributed by atoms with Crippen LogP contribution in [0, 0.1) is 50.2 Å². The molecule has 0 bridgehead atoms. The van der Waals surface area contributed by atoms with Crippen molar-refractivity contribution in [1.82, 2.24) is 0 Å². The van der Waals surface area contributed by atoms with Gasteiger partial charge >= 0.3 is 5.97 Å². The van der Waals surface area contributed by atoms with Crippen LogP contribution in [0.15, 0.2) is 11.3 Å². The Bertz CT molecular complexity index is 1020. The zero-order chi connectivity index (χ0) is 26.7. The highest BCUT2D eigenvalue weighted by molar-refractivity contribution is 5.99. The van der Waals surface area contributed by atoms with E-state index in [9.17, 15) is 19.8 Å². The number of hydrogen-bond acceptors (Lipinski definition) is 5. The number of carbonyl (C=O) groups excluding carboxylic acids is 2. The predicted octanol–water partition coefficient (Wildman–Crippen LogP) is 6.39. The van der Waals surface area contributed by atoms with Crippen LogP contribution in [-0.4, -0.2) is 35.2 Å². The Balaban J connectivity index is 1.70. The van der Waals surface area contributed by atoms with Crippen LogP contribution in [0.1, 0.15) is 106 Å². The Labute approximate surface area is 217 Å². The number of aliphatic hydroxyl groups excluding tert-OH is 2. The second-order valence-electron chi connectivity index (χ2n) is 15.4. The number of allylic oxidation sites excluding steroid dienone is 2. The molecule has 0 aromatic rings. The van der Waals surface area contributed by atoms with Gasteiger partial charge in [0.25, 0.3) is 0 Å². The van der Waals surface area contributed by atoms with E-state index in [1.165, 1.54) is 7.11 Å². The highest BCUT2D eigenvalue weighted by Crippen LogP contribution is 2.75. The van der Waals surface area contributed by atoms with E-state index >= 15 is 0 Å². The van der Waals surface area contributed by atoms with Crippen molar-refractivity contribution in [3.05, 3.63) is 11.3 Å². The maximum Gasteiger partial charge on any atom is 0.312 e. The molecule has 5 nitrogen and oxygen atoms in total. The SMILES string of the molecule is COC(=O)[C@]12CCC(C)(C)C[C@H]1C1=C(O)C(=O)[C@@H]3[C@@]4(C)CC[C@H](O)C(C)(C)[C@@H]4CC[C@@]3(C)[C@]1(C)CC2. The summed E-state index contributed by atoms with van der Waals surface area (Å²) in [6.07, 6.45) is 6.99. The molecule has 4 saturated carbocycles. The number of hydrogen-bond donors (Lipinski definition) is 2. The molecule has 8 atom stereocenters. The Morgan fingerprint density at radius 1 is 0.917 bits per heavy atom. The lowest BCUT2D eigenvalue weighted by atomic mass is 9.33. The van der Waals surface area contributed by atoms with Gasteiger partial charge < -0.3 is 14.9 Å². The zero-order valence-electron chi connectivity index (χ0n) is 23.8. The molecule has 0 aromatic carbocycles. The molecule has 0 spiro atoms.